The molecule has 1 aromatic carbocycles. The third-order valence-corrected chi connectivity index (χ3v) is 6.34. The van der Waals surface area contributed by atoms with E-state index in [2.05, 4.69) is 37.6 Å². The lowest BCUT2D eigenvalue weighted by Gasteiger charge is -2.29. The third-order valence-electron chi connectivity index (χ3n) is 6.34. The average molecular weight is 441 g/mol. The SMILES string of the molecule is CN=C(NCC(c1ccc(OC)cc1)N1CCCC1)NC1CCN(c2ncccc2F)C1. The van der Waals surface area contributed by atoms with E-state index in [0.717, 1.165) is 44.3 Å². The predicted octanol–water partition coefficient (Wildman–Crippen LogP) is 2.81. The van der Waals surface area contributed by atoms with Crippen LogP contribution in [-0.2, 0) is 0 Å². The van der Waals surface area contributed by atoms with Gasteiger partial charge in [-0.1, -0.05) is 12.1 Å². The molecule has 0 radical (unpaired) electrons. The quantitative estimate of drug-likeness (QED) is 0.510. The van der Waals surface area contributed by atoms with Crippen LogP contribution in [0.4, 0.5) is 10.2 Å². The van der Waals surface area contributed by atoms with Crippen molar-refractivity contribution in [1.29, 1.82) is 0 Å². The fourth-order valence-electron chi connectivity index (χ4n) is 4.60. The summed E-state index contributed by atoms with van der Waals surface area (Å²) in [5.41, 5.74) is 1.27. The van der Waals surface area contributed by atoms with E-state index in [-0.39, 0.29) is 17.9 Å². The number of aliphatic imine (C=N–C) groups is 1. The Bertz CT molecular complexity index is 900. The summed E-state index contributed by atoms with van der Waals surface area (Å²) in [6, 6.07) is 11.9. The molecule has 7 nitrogen and oxygen atoms in total. The molecule has 1 aromatic heterocycles. The Morgan fingerprint density at radius 3 is 2.69 bits per heavy atom. The van der Waals surface area contributed by atoms with Gasteiger partial charge in [-0.2, -0.15) is 0 Å². The van der Waals surface area contributed by atoms with Crippen LogP contribution in [0, 0.1) is 5.82 Å². The molecule has 3 heterocycles. The lowest BCUT2D eigenvalue weighted by Crippen LogP contribution is -2.47. The van der Waals surface area contributed by atoms with Gasteiger partial charge in [0.1, 0.15) is 5.75 Å². The Kier molecular flexibility index (Phi) is 7.42. The lowest BCUT2D eigenvalue weighted by molar-refractivity contribution is 0.245. The number of halogens is 1. The fraction of sp³-hybridized carbons (Fsp3) is 0.500. The molecule has 0 bridgehead atoms. The summed E-state index contributed by atoms with van der Waals surface area (Å²) >= 11 is 0. The number of guanidine groups is 1. The van der Waals surface area contributed by atoms with E-state index < -0.39 is 0 Å². The number of benzene rings is 1. The molecule has 0 aliphatic carbocycles. The molecule has 2 fully saturated rings. The summed E-state index contributed by atoms with van der Waals surface area (Å²) in [5, 5.41) is 7.03. The lowest BCUT2D eigenvalue weighted by atomic mass is 10.1. The third kappa shape index (κ3) is 5.30. The second-order valence-corrected chi connectivity index (χ2v) is 8.37. The molecule has 0 amide bonds. The number of ether oxygens (including phenoxy) is 1. The summed E-state index contributed by atoms with van der Waals surface area (Å²) < 4.78 is 19.4. The number of anilines is 1. The number of aromatic nitrogens is 1. The van der Waals surface area contributed by atoms with E-state index in [1.54, 1.807) is 26.4 Å². The van der Waals surface area contributed by atoms with Crippen molar-refractivity contribution in [1.82, 2.24) is 20.5 Å². The van der Waals surface area contributed by atoms with Crippen LogP contribution in [0.3, 0.4) is 0 Å². The number of pyridine rings is 1. The first-order valence-corrected chi connectivity index (χ1v) is 11.4. The summed E-state index contributed by atoms with van der Waals surface area (Å²) in [4.78, 5) is 13.2. The highest BCUT2D eigenvalue weighted by Gasteiger charge is 2.27. The molecule has 2 saturated heterocycles. The largest absolute Gasteiger partial charge is 0.497 e. The maximum absolute atomic E-state index is 14.1. The second kappa shape index (κ2) is 10.6. The summed E-state index contributed by atoms with van der Waals surface area (Å²) in [7, 11) is 3.48. The molecule has 2 atom stereocenters. The predicted molar refractivity (Wildman–Crippen MR) is 126 cm³/mol. The zero-order valence-electron chi connectivity index (χ0n) is 18.9. The first-order chi connectivity index (χ1) is 15.7. The van der Waals surface area contributed by atoms with Crippen molar-refractivity contribution in [2.75, 3.05) is 51.8 Å². The van der Waals surface area contributed by atoms with Crippen molar-refractivity contribution < 1.29 is 9.13 Å². The van der Waals surface area contributed by atoms with Crippen LogP contribution < -0.4 is 20.3 Å². The van der Waals surface area contributed by atoms with Crippen molar-refractivity contribution in [2.24, 2.45) is 4.99 Å². The van der Waals surface area contributed by atoms with E-state index in [0.29, 0.717) is 12.4 Å². The monoisotopic (exact) mass is 440 g/mol. The average Bonchev–Trinajstić information content (AvgIpc) is 3.52. The molecular formula is C24H33FN6O. The van der Waals surface area contributed by atoms with Crippen LogP contribution in [0.5, 0.6) is 5.75 Å². The fourth-order valence-corrected chi connectivity index (χ4v) is 4.60. The zero-order chi connectivity index (χ0) is 22.3. The summed E-state index contributed by atoms with van der Waals surface area (Å²) in [6.45, 7) is 4.44. The minimum absolute atomic E-state index is 0.189. The van der Waals surface area contributed by atoms with Crippen molar-refractivity contribution in [3.8, 4) is 5.75 Å². The highest BCUT2D eigenvalue weighted by Crippen LogP contribution is 2.26. The van der Waals surface area contributed by atoms with Gasteiger partial charge in [-0.25, -0.2) is 9.37 Å². The van der Waals surface area contributed by atoms with E-state index in [1.165, 1.54) is 24.5 Å². The van der Waals surface area contributed by atoms with Crippen LogP contribution in [-0.4, -0.2) is 68.8 Å². The number of likely N-dealkylation sites (tertiary alicyclic amines) is 1. The minimum atomic E-state index is -0.274. The van der Waals surface area contributed by atoms with Crippen LogP contribution in [0.1, 0.15) is 30.9 Å². The van der Waals surface area contributed by atoms with Gasteiger partial charge in [-0.05, 0) is 62.2 Å². The van der Waals surface area contributed by atoms with Gasteiger partial charge in [-0.3, -0.25) is 9.89 Å². The molecule has 2 aliphatic heterocycles. The van der Waals surface area contributed by atoms with E-state index in [1.807, 2.05) is 17.0 Å². The smallest absolute Gasteiger partial charge is 0.191 e. The minimum Gasteiger partial charge on any atom is -0.497 e. The highest BCUT2D eigenvalue weighted by molar-refractivity contribution is 5.80. The first kappa shape index (κ1) is 22.3. The summed E-state index contributed by atoms with van der Waals surface area (Å²) in [5.74, 6) is 1.79. The molecule has 172 valence electrons. The topological polar surface area (TPSA) is 65.0 Å². The molecule has 2 aliphatic rings. The maximum Gasteiger partial charge on any atom is 0.191 e. The highest BCUT2D eigenvalue weighted by atomic mass is 19.1. The molecule has 32 heavy (non-hydrogen) atoms. The standard InChI is InChI=1S/C24H33FN6O/c1-26-24(29-19-11-15-31(17-19)23-21(25)6-5-12-27-23)28-16-22(30-13-3-4-14-30)18-7-9-20(32-2)10-8-18/h5-10,12,19,22H,3-4,11,13-17H2,1-2H3,(H2,26,28,29). The van der Waals surface area contributed by atoms with Gasteiger partial charge >= 0.3 is 0 Å². The molecule has 4 rings (SSSR count). The van der Waals surface area contributed by atoms with Crippen molar-refractivity contribution in [3.05, 3.63) is 54.0 Å². The number of nitrogens with one attached hydrogen (secondary N) is 2. The number of methoxy groups -OCH3 is 1. The molecule has 2 N–H and O–H groups in total. The molecule has 0 saturated carbocycles. The Morgan fingerprint density at radius 2 is 2.00 bits per heavy atom. The van der Waals surface area contributed by atoms with Gasteiger partial charge in [0.15, 0.2) is 17.6 Å². The van der Waals surface area contributed by atoms with E-state index in [4.69, 9.17) is 4.74 Å². The van der Waals surface area contributed by atoms with Gasteiger partial charge < -0.3 is 20.3 Å². The molecule has 2 unspecified atom stereocenters. The van der Waals surface area contributed by atoms with Gasteiger partial charge in [0.25, 0.3) is 0 Å². The molecular weight excluding hydrogens is 407 g/mol. The molecule has 2 aromatic rings. The van der Waals surface area contributed by atoms with Crippen LogP contribution in [0.25, 0.3) is 0 Å². The Balaban J connectivity index is 1.36. The van der Waals surface area contributed by atoms with Gasteiger partial charge in [0.05, 0.1) is 13.2 Å². The Morgan fingerprint density at radius 1 is 1.22 bits per heavy atom. The normalized spacial score (nSPS) is 20.4. The Hall–Kier alpha value is -2.87. The number of hydrogen-bond donors (Lipinski definition) is 2. The van der Waals surface area contributed by atoms with Crippen LogP contribution in [0.2, 0.25) is 0 Å². The van der Waals surface area contributed by atoms with Crippen LogP contribution >= 0.6 is 0 Å². The van der Waals surface area contributed by atoms with Gasteiger partial charge in [-0.15, -0.1) is 0 Å². The van der Waals surface area contributed by atoms with Crippen molar-refractivity contribution in [2.45, 2.75) is 31.3 Å². The molecule has 0 spiro atoms. The second-order valence-electron chi connectivity index (χ2n) is 8.37. The van der Waals surface area contributed by atoms with E-state index in [9.17, 15) is 4.39 Å². The van der Waals surface area contributed by atoms with Crippen molar-refractivity contribution in [3.63, 3.8) is 0 Å². The van der Waals surface area contributed by atoms with Crippen LogP contribution in [0.15, 0.2) is 47.6 Å². The Labute approximate surface area is 189 Å². The molecule has 8 heteroatoms. The summed E-state index contributed by atoms with van der Waals surface area (Å²) in [6.07, 6.45) is 5.02. The van der Waals surface area contributed by atoms with Gasteiger partial charge in [0, 0.05) is 38.9 Å². The zero-order valence-corrected chi connectivity index (χ0v) is 18.9. The number of rotatable bonds is 7. The maximum atomic E-state index is 14.1. The van der Waals surface area contributed by atoms with E-state index >= 15 is 0 Å². The van der Waals surface area contributed by atoms with Crippen molar-refractivity contribution >= 4 is 11.8 Å². The first-order valence-electron chi connectivity index (χ1n) is 11.4. The van der Waals surface area contributed by atoms with Gasteiger partial charge in [0.2, 0.25) is 0 Å². The number of nitrogens with zero attached hydrogens (tertiary/aromatic N) is 4. The number of hydrogen-bond acceptors (Lipinski definition) is 5.